The van der Waals surface area contributed by atoms with Crippen molar-refractivity contribution in [1.82, 2.24) is 14.5 Å². The first-order valence-corrected chi connectivity index (χ1v) is 9.80. The summed E-state index contributed by atoms with van der Waals surface area (Å²) in [6.45, 7) is 0. The highest BCUT2D eigenvalue weighted by Gasteiger charge is 2.26. The second kappa shape index (κ2) is 6.41. The fraction of sp³-hybridized carbons (Fsp3) is 0.235. The Morgan fingerprint density at radius 1 is 1.33 bits per heavy atom. The molecule has 1 saturated carbocycles. The molecular formula is C17H16N4OS2. The molecule has 3 aromatic rings. The maximum Gasteiger partial charge on any atom is 0.276 e. The van der Waals surface area contributed by atoms with Gasteiger partial charge in [-0.3, -0.25) is 14.7 Å². The number of hydrogen-bond acceptors (Lipinski definition) is 5. The van der Waals surface area contributed by atoms with Crippen LogP contribution in [-0.4, -0.2) is 26.7 Å². The van der Waals surface area contributed by atoms with E-state index in [0.717, 1.165) is 16.5 Å². The van der Waals surface area contributed by atoms with Crippen molar-refractivity contribution in [2.75, 3.05) is 11.6 Å². The maximum atomic E-state index is 12.7. The Balaban J connectivity index is 1.63. The highest BCUT2D eigenvalue weighted by Crippen LogP contribution is 2.40. The average Bonchev–Trinajstić information content (AvgIpc) is 3.20. The predicted molar refractivity (Wildman–Crippen MR) is 97.4 cm³/mol. The molecule has 1 amide bonds. The van der Waals surface area contributed by atoms with Crippen LogP contribution in [0.4, 0.5) is 5.13 Å². The number of carbonyl (C=O) groups is 1. The molecule has 1 aliphatic rings. The summed E-state index contributed by atoms with van der Waals surface area (Å²) in [6.07, 6.45) is 5.97. The number of amides is 1. The Hall–Kier alpha value is -2.12. The van der Waals surface area contributed by atoms with E-state index in [9.17, 15) is 4.79 Å². The molecule has 1 fully saturated rings. The fourth-order valence-electron chi connectivity index (χ4n) is 2.54. The molecule has 1 N–H and O–H groups in total. The minimum Gasteiger partial charge on any atom is -0.296 e. The van der Waals surface area contributed by atoms with Crippen LogP contribution in [0.2, 0.25) is 0 Å². The summed E-state index contributed by atoms with van der Waals surface area (Å²) >= 11 is 2.99. The number of aromatic nitrogens is 3. The number of para-hydroxylation sites is 1. The van der Waals surface area contributed by atoms with Crippen molar-refractivity contribution in [3.05, 3.63) is 53.3 Å². The number of benzene rings is 1. The van der Waals surface area contributed by atoms with Crippen LogP contribution < -0.4 is 5.32 Å². The Labute approximate surface area is 148 Å². The average molecular weight is 356 g/mol. The van der Waals surface area contributed by atoms with Crippen LogP contribution in [0.5, 0.6) is 0 Å². The number of rotatable bonds is 5. The molecule has 0 bridgehead atoms. The van der Waals surface area contributed by atoms with Gasteiger partial charge >= 0.3 is 0 Å². The number of nitrogens with one attached hydrogen (secondary N) is 1. The lowest BCUT2D eigenvalue weighted by molar-refractivity contribution is 0.102. The van der Waals surface area contributed by atoms with Gasteiger partial charge in [-0.15, -0.1) is 11.3 Å². The van der Waals surface area contributed by atoms with Crippen molar-refractivity contribution in [3.63, 3.8) is 0 Å². The van der Waals surface area contributed by atoms with Gasteiger partial charge < -0.3 is 0 Å². The van der Waals surface area contributed by atoms with Gasteiger partial charge in [0.2, 0.25) is 0 Å². The third-order valence-electron chi connectivity index (χ3n) is 3.90. The van der Waals surface area contributed by atoms with Crippen LogP contribution in [0.1, 0.15) is 34.9 Å². The first kappa shape index (κ1) is 15.4. The minimum atomic E-state index is -0.191. The summed E-state index contributed by atoms with van der Waals surface area (Å²) in [5, 5.41) is 6.37. The lowest BCUT2D eigenvalue weighted by Crippen LogP contribution is -2.16. The summed E-state index contributed by atoms with van der Waals surface area (Å²) in [4.78, 5) is 21.6. The largest absolute Gasteiger partial charge is 0.296 e. The quantitative estimate of drug-likeness (QED) is 0.697. The molecule has 0 atom stereocenters. The van der Waals surface area contributed by atoms with Gasteiger partial charge in [0, 0.05) is 17.0 Å². The normalized spacial score (nSPS) is 13.9. The van der Waals surface area contributed by atoms with Crippen LogP contribution in [0, 0.1) is 0 Å². The zero-order chi connectivity index (χ0) is 16.5. The molecule has 0 aliphatic heterocycles. The van der Waals surface area contributed by atoms with E-state index in [0.29, 0.717) is 16.7 Å². The molecule has 7 heteroatoms. The van der Waals surface area contributed by atoms with E-state index in [2.05, 4.69) is 15.3 Å². The molecule has 0 spiro atoms. The highest BCUT2D eigenvalue weighted by atomic mass is 32.2. The van der Waals surface area contributed by atoms with Crippen molar-refractivity contribution in [3.8, 4) is 5.69 Å². The number of thiazole rings is 1. The van der Waals surface area contributed by atoms with Crippen LogP contribution in [0.15, 0.2) is 47.1 Å². The van der Waals surface area contributed by atoms with Gasteiger partial charge in [0.05, 0.1) is 11.9 Å². The number of anilines is 1. The topological polar surface area (TPSA) is 59.8 Å². The second-order valence-electron chi connectivity index (χ2n) is 5.61. The van der Waals surface area contributed by atoms with Gasteiger partial charge in [-0.25, -0.2) is 9.97 Å². The molecule has 0 saturated heterocycles. The Morgan fingerprint density at radius 3 is 2.83 bits per heavy atom. The van der Waals surface area contributed by atoms with Crippen molar-refractivity contribution in [2.45, 2.75) is 23.9 Å². The Bertz CT molecular complexity index is 868. The van der Waals surface area contributed by atoms with Gasteiger partial charge in [-0.2, -0.15) is 0 Å². The lowest BCUT2D eigenvalue weighted by atomic mass is 10.3. The second-order valence-corrected chi connectivity index (χ2v) is 7.24. The smallest absolute Gasteiger partial charge is 0.276 e. The zero-order valence-electron chi connectivity index (χ0n) is 13.1. The van der Waals surface area contributed by atoms with E-state index in [4.69, 9.17) is 0 Å². The number of thioether (sulfide) groups is 1. The molecule has 24 heavy (non-hydrogen) atoms. The van der Waals surface area contributed by atoms with E-state index in [1.807, 2.05) is 46.5 Å². The SMILES string of the molecule is CSc1ncc(C(=O)Nc2nc(C3CC3)cs2)n1-c1ccccc1. The van der Waals surface area contributed by atoms with Gasteiger partial charge in [0.15, 0.2) is 10.3 Å². The number of nitrogens with zero attached hydrogens (tertiary/aromatic N) is 3. The molecule has 0 radical (unpaired) electrons. The molecule has 2 heterocycles. The van der Waals surface area contributed by atoms with Crippen molar-refractivity contribution in [2.24, 2.45) is 0 Å². The van der Waals surface area contributed by atoms with E-state index < -0.39 is 0 Å². The van der Waals surface area contributed by atoms with E-state index >= 15 is 0 Å². The fourth-order valence-corrected chi connectivity index (χ4v) is 3.87. The number of hydrogen-bond donors (Lipinski definition) is 1. The molecule has 4 rings (SSSR count). The molecular weight excluding hydrogens is 340 g/mol. The predicted octanol–water partition coefficient (Wildman–Crippen LogP) is 4.18. The van der Waals surface area contributed by atoms with Crippen LogP contribution in [-0.2, 0) is 0 Å². The third kappa shape index (κ3) is 2.97. The first-order chi connectivity index (χ1) is 11.8. The van der Waals surface area contributed by atoms with E-state index in [1.54, 1.807) is 6.20 Å². The first-order valence-electron chi connectivity index (χ1n) is 7.70. The standard InChI is InChI=1S/C17H16N4OS2/c1-23-17-18-9-14(21(17)12-5-3-2-4-6-12)15(22)20-16-19-13(10-24-16)11-7-8-11/h2-6,9-11H,7-8H2,1H3,(H,19,20,22). The minimum absolute atomic E-state index is 0.191. The molecule has 0 unspecified atom stereocenters. The molecule has 2 aromatic heterocycles. The van der Waals surface area contributed by atoms with Gasteiger partial charge in [0.25, 0.3) is 5.91 Å². The lowest BCUT2D eigenvalue weighted by Gasteiger charge is -2.10. The van der Waals surface area contributed by atoms with Crippen molar-refractivity contribution < 1.29 is 4.79 Å². The number of imidazole rings is 1. The summed E-state index contributed by atoms with van der Waals surface area (Å²) in [5.74, 6) is 0.396. The van der Waals surface area contributed by atoms with Crippen LogP contribution in [0.25, 0.3) is 5.69 Å². The van der Waals surface area contributed by atoms with Crippen LogP contribution in [0.3, 0.4) is 0 Å². The van der Waals surface area contributed by atoms with Gasteiger partial charge in [-0.05, 0) is 31.2 Å². The maximum absolute atomic E-state index is 12.7. The highest BCUT2D eigenvalue weighted by molar-refractivity contribution is 7.98. The Morgan fingerprint density at radius 2 is 2.12 bits per heavy atom. The summed E-state index contributed by atoms with van der Waals surface area (Å²) in [5.41, 5.74) is 2.52. The van der Waals surface area contributed by atoms with Crippen molar-refractivity contribution in [1.29, 1.82) is 0 Å². The van der Waals surface area contributed by atoms with E-state index in [1.165, 1.54) is 35.9 Å². The van der Waals surface area contributed by atoms with Crippen LogP contribution >= 0.6 is 23.1 Å². The monoisotopic (exact) mass is 356 g/mol. The van der Waals surface area contributed by atoms with Gasteiger partial charge in [-0.1, -0.05) is 30.0 Å². The Kier molecular flexibility index (Phi) is 4.12. The molecule has 122 valence electrons. The van der Waals surface area contributed by atoms with Crippen molar-refractivity contribution >= 4 is 34.1 Å². The summed E-state index contributed by atoms with van der Waals surface area (Å²) < 4.78 is 1.87. The summed E-state index contributed by atoms with van der Waals surface area (Å²) in [7, 11) is 0. The zero-order valence-corrected chi connectivity index (χ0v) is 14.7. The number of carbonyl (C=O) groups excluding carboxylic acids is 1. The van der Waals surface area contributed by atoms with Gasteiger partial charge in [0.1, 0.15) is 5.69 Å². The van der Waals surface area contributed by atoms with E-state index in [-0.39, 0.29) is 5.91 Å². The molecule has 1 aliphatic carbocycles. The summed E-state index contributed by atoms with van der Waals surface area (Å²) in [6, 6.07) is 9.78. The third-order valence-corrected chi connectivity index (χ3v) is 5.33. The molecule has 1 aromatic carbocycles. The molecule has 5 nitrogen and oxygen atoms in total.